The molecule has 6 aromatic carbocycles. The number of aliphatic hydroxyl groups excluding tert-OH is 6. The summed E-state index contributed by atoms with van der Waals surface area (Å²) in [6.45, 7) is 5.51. The van der Waals surface area contributed by atoms with E-state index < -0.39 is 259 Å². The Hall–Kier alpha value is -11.5. The number of fused-ring (bicyclic) bond motifs is 15. The topological polar surface area (TPSA) is 576 Å². The van der Waals surface area contributed by atoms with Crippen molar-refractivity contribution in [2.24, 2.45) is 11.7 Å². The van der Waals surface area contributed by atoms with Crippen LogP contribution >= 0.6 is 34.8 Å². The number of nitrogens with one attached hydrogen (secondary N) is 10. The van der Waals surface area contributed by atoms with Gasteiger partial charge < -0.3 is 128 Å². The minimum Gasteiger partial charge on any atom is -0.508 e. The molecule has 0 aliphatic carbocycles. The lowest BCUT2D eigenvalue weighted by Gasteiger charge is -2.48. The largest absolute Gasteiger partial charge is 0.508 e. The van der Waals surface area contributed by atoms with Crippen molar-refractivity contribution in [2.45, 2.75) is 169 Å². The Balaban J connectivity index is 0.999. The Kier molecular flexibility index (Phi) is 28.9. The van der Waals surface area contributed by atoms with E-state index in [9.17, 15) is 74.3 Å². The van der Waals surface area contributed by atoms with Crippen molar-refractivity contribution >= 4 is 93.8 Å². The number of hydrazine groups is 1. The van der Waals surface area contributed by atoms with Crippen LogP contribution in [0, 0.1) is 11.7 Å². The van der Waals surface area contributed by atoms with E-state index in [0.29, 0.717) is 5.56 Å². The number of phenols is 3. The Morgan fingerprint density at radius 1 is 0.728 bits per heavy atom. The van der Waals surface area contributed by atoms with Gasteiger partial charge in [0.05, 0.1) is 52.8 Å². The van der Waals surface area contributed by atoms with Gasteiger partial charge in [0.15, 0.2) is 23.9 Å². The van der Waals surface area contributed by atoms with Crippen molar-refractivity contribution in [2.75, 3.05) is 39.6 Å². The van der Waals surface area contributed by atoms with Crippen LogP contribution in [0.2, 0.25) is 15.1 Å². The highest BCUT2D eigenvalue weighted by Gasteiger charge is 2.52. The molecule has 7 aromatic rings. The highest BCUT2D eigenvalue weighted by atomic mass is 35.5. The number of aromatic nitrogens is 2. The summed E-state index contributed by atoms with van der Waals surface area (Å²) in [5.74, 6) is -16.7. The number of aliphatic hydroxyl groups is 6. The third-order valence-electron chi connectivity index (χ3n) is 21.5. The van der Waals surface area contributed by atoms with Gasteiger partial charge in [-0.25, -0.2) is 14.2 Å². The van der Waals surface area contributed by atoms with Crippen LogP contribution in [0.15, 0.2) is 114 Å². The summed E-state index contributed by atoms with van der Waals surface area (Å²) in [4.78, 5) is 150. The third-order valence-corrected chi connectivity index (χ3v) is 22.4. The van der Waals surface area contributed by atoms with Gasteiger partial charge in [-0.15, -0.1) is 0 Å². The maximum Gasteiger partial charge on any atom is 0.349 e. The molecule has 668 valence electrons. The molecular weight excluding hydrogens is 1710 g/mol. The van der Waals surface area contributed by atoms with E-state index in [4.69, 9.17) is 69.0 Å². The van der Waals surface area contributed by atoms with Gasteiger partial charge in [0.2, 0.25) is 59.3 Å². The summed E-state index contributed by atoms with van der Waals surface area (Å²) < 4.78 is 54.7. The number of ether oxygens (including phenoxy) is 6. The minimum atomic E-state index is -2.39. The fraction of sp³-hybridized carbons (Fsp3) is 0.402. The molecule has 21 N–H and O–H groups in total. The van der Waals surface area contributed by atoms with Crippen molar-refractivity contribution in [1.29, 1.82) is 0 Å². The van der Waals surface area contributed by atoms with Crippen molar-refractivity contribution in [1.82, 2.24) is 62.5 Å². The van der Waals surface area contributed by atoms with Crippen molar-refractivity contribution < 1.29 is 122 Å². The predicted octanol–water partition coefficient (Wildman–Crippen LogP) is 1.48. The van der Waals surface area contributed by atoms with E-state index >= 15 is 24.0 Å². The lowest BCUT2D eigenvalue weighted by molar-refractivity contribution is -0.334. The number of benzene rings is 6. The van der Waals surface area contributed by atoms with Crippen molar-refractivity contribution in [3.63, 3.8) is 0 Å². The summed E-state index contributed by atoms with van der Waals surface area (Å²) in [6, 6.07) is 4.94. The molecule has 2 fully saturated rings. The molecule has 43 heteroatoms. The molecule has 9 amide bonds. The molecule has 18 atom stereocenters. The number of amides is 9. The molecule has 0 spiro atoms. The first kappa shape index (κ1) is 92.7. The number of carbonyl (C=O) groups excluding carboxylic acids is 9. The molecule has 39 nitrogen and oxygen atoms in total. The zero-order valence-electron chi connectivity index (χ0n) is 67.7. The zero-order valence-corrected chi connectivity index (χ0v) is 70.0. The second kappa shape index (κ2) is 39.0. The quantitative estimate of drug-likeness (QED) is 0.0453. The molecule has 7 aliphatic heterocycles. The number of phenolic OH excluding ortho intramolecular Hbond substituents is 3. The summed E-state index contributed by atoms with van der Waals surface area (Å²) >= 11 is 20.2. The third kappa shape index (κ3) is 21.1. The van der Waals surface area contributed by atoms with E-state index in [1.54, 1.807) is 6.92 Å². The smallest absolute Gasteiger partial charge is 0.349 e. The lowest BCUT2D eigenvalue weighted by Crippen LogP contribution is -2.65. The number of nitrogens with zero attached hydrogens (tertiary/aromatic N) is 3. The van der Waals surface area contributed by atoms with Gasteiger partial charge in [-0.05, 0) is 139 Å². The van der Waals surface area contributed by atoms with Crippen LogP contribution in [0.5, 0.6) is 46.0 Å². The second-order valence-electron chi connectivity index (χ2n) is 31.3. The normalized spacial score (nSPS) is 26.0. The number of carbonyl (C=O) groups is 9. The van der Waals surface area contributed by atoms with Crippen molar-refractivity contribution in [3.05, 3.63) is 174 Å². The van der Waals surface area contributed by atoms with Crippen LogP contribution in [0.25, 0.3) is 11.1 Å². The SMILES string of the molecule is CN[C@H](CC(C)C)C(=O)N[C@H]1C(=O)N[C@@H](CC(N)=O)C(=O)N[C@H]2C(=O)N[C@H]3C(=O)N[C@H](C(=O)N[C@@H](C(=O)NN(C)C)c4cc(O)cc(O)c4-c4cc3ccc4O)[C@H](O)c3ccc(c(Cl)c3)Oc3cc2cc(c3O[C@@H]2O[C@H](CO)[C@@H](O)[C@H](O)[C@H]2O[C@H]2C[C@](C)(NCCn3ccc(NC(=O)Cc4ccc(Cl)c(F)c4)nc3=O)[C@H](O)[C@H](C)O2)Oc2ccc(cc2Cl)[C@H]1O. The molecule has 1 aromatic heterocycles. The summed E-state index contributed by atoms with van der Waals surface area (Å²) in [6.07, 6.45) is -18.5. The molecule has 7 aliphatic rings. The lowest BCUT2D eigenvalue weighted by atomic mass is 9.85. The minimum absolute atomic E-state index is 0.0608. The number of hydrogen-bond acceptors (Lipinski definition) is 29. The molecular formula is C82H92Cl3FN14O25. The number of likely N-dealkylation sites (N-methyl/N-ethyl adjacent to an activating group) is 1. The molecule has 0 radical (unpaired) electrons. The Labute approximate surface area is 726 Å². The van der Waals surface area contributed by atoms with Crippen molar-refractivity contribution in [3.8, 4) is 57.1 Å². The van der Waals surface area contributed by atoms with Crippen LogP contribution in [0.1, 0.15) is 111 Å². The van der Waals surface area contributed by atoms with Crippen LogP contribution in [0.3, 0.4) is 0 Å². The van der Waals surface area contributed by atoms with Crippen LogP contribution in [-0.4, -0.2) is 227 Å². The first-order valence-corrected chi connectivity index (χ1v) is 40.3. The molecule has 11 bridgehead atoms. The number of hydrogen-bond donors (Lipinski definition) is 20. The Bertz CT molecular complexity index is 5390. The van der Waals surface area contributed by atoms with E-state index in [1.165, 1.54) is 74.2 Å². The first-order chi connectivity index (χ1) is 59.2. The van der Waals surface area contributed by atoms with Gasteiger partial charge in [0.1, 0.15) is 107 Å². The average Bonchev–Trinajstić information content (AvgIpc) is 0.763. The molecule has 2 saturated heterocycles. The fourth-order valence-electron chi connectivity index (χ4n) is 15.1. The van der Waals surface area contributed by atoms with Crippen LogP contribution in [0.4, 0.5) is 10.2 Å². The van der Waals surface area contributed by atoms with Gasteiger partial charge in [0.25, 0.3) is 5.91 Å². The van der Waals surface area contributed by atoms with Crippen LogP contribution < -0.4 is 78.9 Å². The standard InChI is InChI=1S/C82H92Cl3FN14O25/c1-33(2)20-47(88-5)73(112)96-64-66(107)37-10-14-51(44(84)24-37)121-53-26-39-27-54(70(53)125-80-71(69(110)68(109)55(32-101)123-80)124-59-31-82(4,72(111)34(3)120-59)89-17-19-100-18-16-57(92-81(100)119)91-58(106)22-35-8-12-43(83)46(86)21-35)122-52-15-11-38(25-45(52)85)67(108)65-78(117)95-63(79(118)98-99(6)7)42-28-40(102)29-50(104)60(42)41-23-36(9-13-49(41)103)61(75(114)97-65)94-76(115)62(39)93-74(113)48(30-56(87)105)90-77(64)116/h8-16,18,21,23-29,33-34,47-48,55,59,61-69,71-72,80,88-89,101-104,107-111H,17,19-20,22,30-32H2,1-7H3,(H2,87,105)(H,90,116)(H,93,113)(H,94,115)(H,95,117)(H,96,112)(H,97,114)(H,98,118)(H,91,92,106,119)/t34-,47+,48-,55+,59-,61+,62+,63+,64+,65-,66+,67+,68+,69-,71+,72+,80-,82-/m0/s1. The number of aromatic hydroxyl groups is 3. The second-order valence-corrected chi connectivity index (χ2v) is 32.6. The first-order valence-electron chi connectivity index (χ1n) is 39.2. The molecule has 125 heavy (non-hydrogen) atoms. The molecule has 8 heterocycles. The summed E-state index contributed by atoms with van der Waals surface area (Å²) in [5, 5.41) is 130. The average molecular weight is 1800 g/mol. The fourth-order valence-corrected chi connectivity index (χ4v) is 15.7. The van der Waals surface area contributed by atoms with Gasteiger partial charge >= 0.3 is 5.69 Å². The van der Waals surface area contributed by atoms with E-state index in [2.05, 4.69) is 58.3 Å². The summed E-state index contributed by atoms with van der Waals surface area (Å²) in [7, 11) is 4.28. The maximum atomic E-state index is 16.3. The zero-order chi connectivity index (χ0) is 90.6. The Morgan fingerprint density at radius 2 is 1.38 bits per heavy atom. The predicted molar refractivity (Wildman–Crippen MR) is 440 cm³/mol. The van der Waals surface area contributed by atoms with Gasteiger partial charge in [-0.2, -0.15) is 4.98 Å². The molecule has 0 saturated carbocycles. The monoisotopic (exact) mass is 1800 g/mol. The Morgan fingerprint density at radius 3 is 2.00 bits per heavy atom. The number of primary amides is 1. The van der Waals surface area contributed by atoms with Gasteiger partial charge in [0, 0.05) is 62.5 Å². The van der Waals surface area contributed by atoms with Gasteiger partial charge in [-0.1, -0.05) is 72.9 Å². The number of nitrogens with two attached hydrogens (primary N) is 1. The van der Waals surface area contributed by atoms with Crippen LogP contribution in [-0.2, 0) is 70.3 Å². The molecule has 0 unspecified atom stereocenters. The van der Waals surface area contributed by atoms with Gasteiger partial charge in [-0.3, -0.25) is 53.1 Å². The maximum absolute atomic E-state index is 16.3. The van der Waals surface area contributed by atoms with E-state index in [1.807, 2.05) is 13.8 Å². The number of rotatable bonds is 21. The number of anilines is 1. The van der Waals surface area contributed by atoms with E-state index in [-0.39, 0.29) is 71.6 Å². The van der Waals surface area contributed by atoms with E-state index in [0.717, 1.165) is 72.8 Å². The number of halogens is 4. The summed E-state index contributed by atoms with van der Waals surface area (Å²) in [5.41, 5.74) is 3.81. The highest BCUT2D eigenvalue weighted by molar-refractivity contribution is 6.32. The highest BCUT2D eigenvalue weighted by Crippen LogP contribution is 2.50. The molecule has 14 rings (SSSR count).